The lowest BCUT2D eigenvalue weighted by molar-refractivity contribution is -0.122. The van der Waals surface area contributed by atoms with Crippen molar-refractivity contribution < 1.29 is 4.79 Å². The third kappa shape index (κ3) is 4.03. The van der Waals surface area contributed by atoms with Crippen LogP contribution in [0.2, 0.25) is 0 Å². The minimum absolute atomic E-state index is 0.102. The zero-order valence-corrected chi connectivity index (χ0v) is 14.3. The molecule has 1 amide bonds. The van der Waals surface area contributed by atoms with Crippen LogP contribution in [-0.4, -0.2) is 22.2 Å². The molecule has 0 aliphatic heterocycles. The van der Waals surface area contributed by atoms with Crippen LogP contribution >= 0.6 is 11.3 Å². The Morgan fingerprint density at radius 1 is 1.38 bits per heavy atom. The highest BCUT2D eigenvalue weighted by Crippen LogP contribution is 2.23. The average Bonchev–Trinajstić information content (AvgIpc) is 3.12. The van der Waals surface area contributed by atoms with Crippen molar-refractivity contribution in [1.82, 2.24) is 15.1 Å². The molecule has 128 valence electrons. The molecule has 0 bridgehead atoms. The number of anilines is 1. The molecule has 0 spiro atoms. The van der Waals surface area contributed by atoms with Crippen molar-refractivity contribution in [2.75, 3.05) is 12.3 Å². The largest absolute Gasteiger partial charge is 0.394 e. The molecule has 3 rings (SSSR count). The molecule has 24 heavy (non-hydrogen) atoms. The number of hydrogen-bond acceptors (Lipinski definition) is 5. The van der Waals surface area contributed by atoms with Gasteiger partial charge in [0.2, 0.25) is 5.91 Å². The maximum Gasteiger partial charge on any atom is 0.290 e. The van der Waals surface area contributed by atoms with E-state index < -0.39 is 5.56 Å². The van der Waals surface area contributed by atoms with E-state index >= 15 is 0 Å². The number of nitrogens with one attached hydrogen (secondary N) is 1. The van der Waals surface area contributed by atoms with Crippen molar-refractivity contribution in [3.8, 4) is 10.6 Å². The smallest absolute Gasteiger partial charge is 0.290 e. The average molecular weight is 346 g/mol. The molecule has 0 saturated heterocycles. The van der Waals surface area contributed by atoms with Gasteiger partial charge in [-0.3, -0.25) is 9.59 Å². The minimum atomic E-state index is -0.428. The van der Waals surface area contributed by atoms with Crippen LogP contribution in [0.1, 0.15) is 32.1 Å². The van der Waals surface area contributed by atoms with Crippen molar-refractivity contribution in [3.05, 3.63) is 33.9 Å². The number of carbonyl (C=O) groups is 1. The van der Waals surface area contributed by atoms with E-state index in [-0.39, 0.29) is 18.1 Å². The van der Waals surface area contributed by atoms with Crippen molar-refractivity contribution in [1.29, 1.82) is 0 Å². The molecule has 0 atom stereocenters. The van der Waals surface area contributed by atoms with Gasteiger partial charge in [-0.2, -0.15) is 5.10 Å². The van der Waals surface area contributed by atoms with E-state index in [1.54, 1.807) is 6.07 Å². The number of amides is 1. The van der Waals surface area contributed by atoms with Gasteiger partial charge in [0.25, 0.3) is 5.56 Å². The Hall–Kier alpha value is -2.15. The number of carbonyl (C=O) groups excluding carboxylic acids is 1. The van der Waals surface area contributed by atoms with Crippen molar-refractivity contribution >= 4 is 22.9 Å². The Bertz CT molecular complexity index is 748. The van der Waals surface area contributed by atoms with Gasteiger partial charge in [0.15, 0.2) is 0 Å². The summed E-state index contributed by atoms with van der Waals surface area (Å²) in [5.74, 6) is 0.354. The summed E-state index contributed by atoms with van der Waals surface area (Å²) in [4.78, 5) is 25.2. The number of aromatic nitrogens is 2. The van der Waals surface area contributed by atoms with E-state index in [1.807, 2.05) is 17.5 Å². The highest BCUT2D eigenvalue weighted by molar-refractivity contribution is 7.13. The number of nitrogens with zero attached hydrogens (tertiary/aromatic N) is 2. The van der Waals surface area contributed by atoms with E-state index in [0.29, 0.717) is 18.2 Å². The van der Waals surface area contributed by atoms with Crippen LogP contribution in [0.3, 0.4) is 0 Å². The van der Waals surface area contributed by atoms with Gasteiger partial charge >= 0.3 is 0 Å². The second-order valence-electron chi connectivity index (χ2n) is 6.23. The molecule has 0 radical (unpaired) electrons. The van der Waals surface area contributed by atoms with Crippen molar-refractivity contribution in [2.24, 2.45) is 5.92 Å². The van der Waals surface area contributed by atoms with Crippen LogP contribution in [-0.2, 0) is 11.3 Å². The van der Waals surface area contributed by atoms with Crippen LogP contribution in [0.4, 0.5) is 5.69 Å². The molecule has 1 aliphatic rings. The Morgan fingerprint density at radius 2 is 2.17 bits per heavy atom. The molecule has 0 aromatic carbocycles. The van der Waals surface area contributed by atoms with Gasteiger partial charge < -0.3 is 11.1 Å². The van der Waals surface area contributed by atoms with Gasteiger partial charge in [0.1, 0.15) is 17.9 Å². The third-order valence-electron chi connectivity index (χ3n) is 4.38. The lowest BCUT2D eigenvalue weighted by atomic mass is 9.89. The Morgan fingerprint density at radius 3 is 2.88 bits per heavy atom. The fraction of sp³-hybridized carbons (Fsp3) is 0.471. The first-order valence-electron chi connectivity index (χ1n) is 8.31. The summed E-state index contributed by atoms with van der Waals surface area (Å²) in [6.45, 7) is 0.572. The molecule has 0 unspecified atom stereocenters. The molecule has 6 nitrogen and oxygen atoms in total. The number of hydrogen-bond donors (Lipinski definition) is 2. The molecule has 1 fully saturated rings. The van der Waals surface area contributed by atoms with Crippen LogP contribution in [0.5, 0.6) is 0 Å². The van der Waals surface area contributed by atoms with E-state index in [2.05, 4.69) is 10.4 Å². The van der Waals surface area contributed by atoms with Gasteiger partial charge in [-0.05, 0) is 36.3 Å². The SMILES string of the molecule is Nc1cc(-c2cccs2)nn(CC(=O)NCC2CCCCC2)c1=O. The molecule has 2 heterocycles. The number of thiophene rings is 1. The van der Waals surface area contributed by atoms with Gasteiger partial charge in [-0.25, -0.2) is 4.68 Å². The maximum atomic E-state index is 12.2. The van der Waals surface area contributed by atoms with E-state index in [0.717, 1.165) is 9.56 Å². The molecular weight excluding hydrogens is 324 g/mol. The highest BCUT2D eigenvalue weighted by Gasteiger charge is 2.16. The predicted molar refractivity (Wildman–Crippen MR) is 95.8 cm³/mol. The topological polar surface area (TPSA) is 90.0 Å². The van der Waals surface area contributed by atoms with Crippen LogP contribution in [0.25, 0.3) is 10.6 Å². The maximum absolute atomic E-state index is 12.2. The van der Waals surface area contributed by atoms with E-state index in [9.17, 15) is 9.59 Å². The van der Waals surface area contributed by atoms with Crippen LogP contribution in [0.15, 0.2) is 28.4 Å². The third-order valence-corrected chi connectivity index (χ3v) is 5.27. The lowest BCUT2D eigenvalue weighted by Crippen LogP contribution is -2.37. The number of nitrogen functional groups attached to an aromatic ring is 1. The monoisotopic (exact) mass is 346 g/mol. The molecule has 7 heteroatoms. The quantitative estimate of drug-likeness (QED) is 0.869. The summed E-state index contributed by atoms with van der Waals surface area (Å²) in [7, 11) is 0. The Labute approximate surface area is 144 Å². The summed E-state index contributed by atoms with van der Waals surface area (Å²) in [6.07, 6.45) is 6.10. The summed E-state index contributed by atoms with van der Waals surface area (Å²) >= 11 is 1.51. The van der Waals surface area contributed by atoms with Crippen molar-refractivity contribution in [3.63, 3.8) is 0 Å². The molecule has 2 aromatic heterocycles. The summed E-state index contributed by atoms with van der Waals surface area (Å²) < 4.78 is 1.15. The fourth-order valence-corrected chi connectivity index (χ4v) is 3.74. The van der Waals surface area contributed by atoms with Gasteiger partial charge in [-0.15, -0.1) is 11.3 Å². The normalized spacial score (nSPS) is 15.3. The highest BCUT2D eigenvalue weighted by atomic mass is 32.1. The molecule has 1 saturated carbocycles. The molecule has 1 aliphatic carbocycles. The standard InChI is InChI=1S/C17H22N4O2S/c18-13-9-14(15-7-4-8-24-15)20-21(17(13)23)11-16(22)19-10-12-5-2-1-3-6-12/h4,7-9,12H,1-3,5-6,10-11,18H2,(H,19,22). The Balaban J connectivity index is 1.67. The van der Waals surface area contributed by atoms with Crippen LogP contribution < -0.4 is 16.6 Å². The second kappa shape index (κ2) is 7.61. The van der Waals surface area contributed by atoms with E-state index in [1.165, 1.54) is 43.4 Å². The van der Waals surface area contributed by atoms with Crippen LogP contribution in [0, 0.1) is 5.92 Å². The number of nitrogens with two attached hydrogens (primary N) is 1. The van der Waals surface area contributed by atoms with Gasteiger partial charge in [-0.1, -0.05) is 25.3 Å². The van der Waals surface area contributed by atoms with Crippen molar-refractivity contribution in [2.45, 2.75) is 38.6 Å². The zero-order chi connectivity index (χ0) is 16.9. The predicted octanol–water partition coefficient (Wildman–Crippen LogP) is 2.25. The molecule has 3 N–H and O–H groups in total. The molecular formula is C17H22N4O2S. The minimum Gasteiger partial charge on any atom is -0.394 e. The lowest BCUT2D eigenvalue weighted by Gasteiger charge is -2.21. The summed E-state index contributed by atoms with van der Waals surface area (Å²) in [6, 6.07) is 5.37. The summed E-state index contributed by atoms with van der Waals surface area (Å²) in [5.41, 5.74) is 6.08. The molecule has 2 aromatic rings. The second-order valence-corrected chi connectivity index (χ2v) is 7.18. The first-order chi connectivity index (χ1) is 11.6. The first kappa shape index (κ1) is 16.7. The first-order valence-corrected chi connectivity index (χ1v) is 9.19. The van der Waals surface area contributed by atoms with E-state index in [4.69, 9.17) is 5.73 Å². The Kier molecular flexibility index (Phi) is 5.30. The van der Waals surface area contributed by atoms with Gasteiger partial charge in [0.05, 0.1) is 4.88 Å². The summed E-state index contributed by atoms with van der Waals surface area (Å²) in [5, 5.41) is 9.14. The number of rotatable bonds is 5. The fourth-order valence-electron chi connectivity index (χ4n) is 3.06. The van der Waals surface area contributed by atoms with Gasteiger partial charge in [0, 0.05) is 6.54 Å². The zero-order valence-electron chi connectivity index (χ0n) is 13.5.